The van der Waals surface area contributed by atoms with Gasteiger partial charge in [0.05, 0.1) is 18.7 Å². The molecule has 0 radical (unpaired) electrons. The molecule has 1 aromatic rings. The molecule has 1 aromatic carbocycles. The van der Waals surface area contributed by atoms with Crippen molar-refractivity contribution in [2.45, 2.75) is 32.8 Å². The standard InChI is InChI=1S/C15H21NO2/c1-12-5-7-14(8-6-12)15(17)18-13(2)11-16-9-3-4-10-16/h5-8,13H,3-4,9-11H2,1-2H3/p+1/t13-/m0/s1. The van der Waals surface area contributed by atoms with Crippen LogP contribution in [0, 0.1) is 6.92 Å². The number of rotatable bonds is 4. The number of hydrogen-bond acceptors (Lipinski definition) is 2. The molecule has 2 rings (SSSR count). The fourth-order valence-electron chi connectivity index (χ4n) is 2.47. The summed E-state index contributed by atoms with van der Waals surface area (Å²) in [5, 5.41) is 0. The molecule has 1 atom stereocenters. The Balaban J connectivity index is 1.84. The van der Waals surface area contributed by atoms with Crippen molar-refractivity contribution in [3.63, 3.8) is 0 Å². The number of benzene rings is 1. The van der Waals surface area contributed by atoms with Crippen molar-refractivity contribution in [1.29, 1.82) is 0 Å². The molecule has 3 heteroatoms. The zero-order valence-electron chi connectivity index (χ0n) is 11.2. The van der Waals surface area contributed by atoms with Crippen LogP contribution in [0.1, 0.15) is 35.7 Å². The third-order valence-electron chi connectivity index (χ3n) is 3.48. The summed E-state index contributed by atoms with van der Waals surface area (Å²) in [6.45, 7) is 7.35. The Hall–Kier alpha value is -1.35. The predicted molar refractivity (Wildman–Crippen MR) is 70.9 cm³/mol. The topological polar surface area (TPSA) is 30.7 Å². The minimum absolute atomic E-state index is 0.00750. The summed E-state index contributed by atoms with van der Waals surface area (Å²) >= 11 is 0. The zero-order chi connectivity index (χ0) is 13.0. The number of carbonyl (C=O) groups is 1. The fourth-order valence-corrected chi connectivity index (χ4v) is 2.47. The summed E-state index contributed by atoms with van der Waals surface area (Å²) in [6.07, 6.45) is 2.59. The van der Waals surface area contributed by atoms with Gasteiger partial charge in [-0.05, 0) is 26.0 Å². The Morgan fingerprint density at radius 1 is 1.28 bits per heavy atom. The van der Waals surface area contributed by atoms with E-state index in [9.17, 15) is 4.79 Å². The molecule has 1 N–H and O–H groups in total. The van der Waals surface area contributed by atoms with E-state index in [1.807, 2.05) is 38.1 Å². The van der Waals surface area contributed by atoms with E-state index in [1.165, 1.54) is 25.9 Å². The lowest BCUT2D eigenvalue weighted by Crippen LogP contribution is -3.11. The molecule has 1 heterocycles. The van der Waals surface area contributed by atoms with Gasteiger partial charge < -0.3 is 9.64 Å². The Morgan fingerprint density at radius 2 is 1.89 bits per heavy atom. The van der Waals surface area contributed by atoms with E-state index in [0.717, 1.165) is 12.1 Å². The lowest BCUT2D eigenvalue weighted by atomic mass is 10.1. The minimum atomic E-state index is -0.207. The van der Waals surface area contributed by atoms with Crippen LogP contribution < -0.4 is 4.90 Å². The maximum atomic E-state index is 11.9. The van der Waals surface area contributed by atoms with Crippen LogP contribution in [0.4, 0.5) is 0 Å². The third kappa shape index (κ3) is 3.57. The number of quaternary nitrogens is 1. The van der Waals surface area contributed by atoms with E-state index >= 15 is 0 Å². The highest BCUT2D eigenvalue weighted by Gasteiger charge is 2.20. The summed E-state index contributed by atoms with van der Waals surface area (Å²) in [7, 11) is 0. The molecule has 1 aliphatic heterocycles. The van der Waals surface area contributed by atoms with Gasteiger partial charge in [-0.25, -0.2) is 4.79 Å². The van der Waals surface area contributed by atoms with Crippen molar-refractivity contribution >= 4 is 5.97 Å². The van der Waals surface area contributed by atoms with Crippen LogP contribution in [0.5, 0.6) is 0 Å². The molecule has 1 fully saturated rings. The van der Waals surface area contributed by atoms with Crippen molar-refractivity contribution < 1.29 is 14.4 Å². The first-order valence-corrected chi connectivity index (χ1v) is 6.76. The summed E-state index contributed by atoms with van der Waals surface area (Å²) in [6, 6.07) is 7.53. The molecule has 0 saturated carbocycles. The Morgan fingerprint density at radius 3 is 2.50 bits per heavy atom. The van der Waals surface area contributed by atoms with Gasteiger partial charge in [0.2, 0.25) is 0 Å². The first kappa shape index (κ1) is 13.1. The molecule has 1 saturated heterocycles. The van der Waals surface area contributed by atoms with Crippen molar-refractivity contribution in [3.8, 4) is 0 Å². The van der Waals surface area contributed by atoms with E-state index < -0.39 is 0 Å². The third-order valence-corrected chi connectivity index (χ3v) is 3.48. The number of nitrogens with one attached hydrogen (secondary N) is 1. The van der Waals surface area contributed by atoms with Crippen molar-refractivity contribution in [3.05, 3.63) is 35.4 Å². The summed E-state index contributed by atoms with van der Waals surface area (Å²) in [5.74, 6) is -0.207. The summed E-state index contributed by atoms with van der Waals surface area (Å²) in [5.41, 5.74) is 1.80. The Kier molecular flexibility index (Phi) is 4.37. The van der Waals surface area contributed by atoms with Gasteiger partial charge in [0.25, 0.3) is 0 Å². The molecule has 0 unspecified atom stereocenters. The van der Waals surface area contributed by atoms with Gasteiger partial charge in [0, 0.05) is 12.8 Å². The van der Waals surface area contributed by atoms with Gasteiger partial charge >= 0.3 is 5.97 Å². The summed E-state index contributed by atoms with van der Waals surface area (Å²) in [4.78, 5) is 13.5. The number of ether oxygens (including phenoxy) is 1. The molecule has 1 aliphatic rings. The lowest BCUT2D eigenvalue weighted by molar-refractivity contribution is -0.890. The van der Waals surface area contributed by atoms with E-state index in [1.54, 1.807) is 4.90 Å². The summed E-state index contributed by atoms with van der Waals surface area (Å²) < 4.78 is 5.48. The fraction of sp³-hybridized carbons (Fsp3) is 0.533. The molecular weight excluding hydrogens is 226 g/mol. The van der Waals surface area contributed by atoms with Gasteiger partial charge in [-0.1, -0.05) is 17.7 Å². The van der Waals surface area contributed by atoms with Crippen molar-refractivity contribution in [1.82, 2.24) is 0 Å². The first-order valence-electron chi connectivity index (χ1n) is 6.76. The molecule has 18 heavy (non-hydrogen) atoms. The number of esters is 1. The van der Waals surface area contributed by atoms with Crippen LogP contribution in [0.15, 0.2) is 24.3 Å². The average molecular weight is 248 g/mol. The second-order valence-corrected chi connectivity index (χ2v) is 5.24. The molecule has 98 valence electrons. The van der Waals surface area contributed by atoms with Crippen LogP contribution in [0.2, 0.25) is 0 Å². The van der Waals surface area contributed by atoms with Gasteiger partial charge in [0.15, 0.2) is 0 Å². The van der Waals surface area contributed by atoms with Gasteiger partial charge in [-0.2, -0.15) is 0 Å². The van der Waals surface area contributed by atoms with Crippen molar-refractivity contribution in [2.75, 3.05) is 19.6 Å². The maximum Gasteiger partial charge on any atom is 0.338 e. The highest BCUT2D eigenvalue weighted by molar-refractivity contribution is 5.89. The van der Waals surface area contributed by atoms with Crippen LogP contribution in [-0.4, -0.2) is 31.7 Å². The smallest absolute Gasteiger partial charge is 0.338 e. The van der Waals surface area contributed by atoms with Crippen molar-refractivity contribution in [2.24, 2.45) is 0 Å². The number of likely N-dealkylation sites (tertiary alicyclic amines) is 1. The largest absolute Gasteiger partial charge is 0.453 e. The molecule has 0 bridgehead atoms. The predicted octanol–water partition coefficient (Wildman–Crippen LogP) is 1.22. The molecule has 0 aliphatic carbocycles. The number of aryl methyl sites for hydroxylation is 1. The van der Waals surface area contributed by atoms with Crippen LogP contribution >= 0.6 is 0 Å². The number of carbonyl (C=O) groups excluding carboxylic acids is 1. The first-order chi connectivity index (χ1) is 8.65. The quantitative estimate of drug-likeness (QED) is 0.812. The zero-order valence-corrected chi connectivity index (χ0v) is 11.2. The highest BCUT2D eigenvalue weighted by atomic mass is 16.5. The second-order valence-electron chi connectivity index (χ2n) is 5.24. The van der Waals surface area contributed by atoms with Crippen LogP contribution in [-0.2, 0) is 4.74 Å². The SMILES string of the molecule is Cc1ccc(C(=O)O[C@@H](C)C[NH+]2CCCC2)cc1. The average Bonchev–Trinajstić information content (AvgIpc) is 2.82. The van der Waals surface area contributed by atoms with E-state index in [4.69, 9.17) is 4.74 Å². The molecule has 0 amide bonds. The van der Waals surface area contributed by atoms with Gasteiger partial charge in [-0.15, -0.1) is 0 Å². The highest BCUT2D eigenvalue weighted by Crippen LogP contribution is 2.06. The minimum Gasteiger partial charge on any atom is -0.453 e. The van der Waals surface area contributed by atoms with Gasteiger partial charge in [0.1, 0.15) is 12.6 Å². The molecule has 3 nitrogen and oxygen atoms in total. The normalized spacial score (nSPS) is 17.7. The van der Waals surface area contributed by atoms with Crippen LogP contribution in [0.25, 0.3) is 0 Å². The molecule has 0 aromatic heterocycles. The lowest BCUT2D eigenvalue weighted by Gasteiger charge is -2.18. The van der Waals surface area contributed by atoms with Gasteiger partial charge in [-0.3, -0.25) is 0 Å². The second kappa shape index (κ2) is 6.01. The van der Waals surface area contributed by atoms with Crippen LogP contribution in [0.3, 0.4) is 0 Å². The van der Waals surface area contributed by atoms with E-state index in [2.05, 4.69) is 0 Å². The maximum absolute atomic E-state index is 11.9. The number of hydrogen-bond donors (Lipinski definition) is 1. The molecular formula is C15H22NO2+. The van der Waals surface area contributed by atoms with E-state index in [-0.39, 0.29) is 12.1 Å². The Bertz CT molecular complexity index is 393. The van der Waals surface area contributed by atoms with E-state index in [0.29, 0.717) is 5.56 Å². The molecule has 0 spiro atoms. The monoisotopic (exact) mass is 248 g/mol. The Labute approximate surface area is 109 Å².